The van der Waals surface area contributed by atoms with Crippen LogP contribution in [0.15, 0.2) is 152 Å². The van der Waals surface area contributed by atoms with Crippen molar-refractivity contribution in [1.29, 1.82) is 0 Å². The van der Waals surface area contributed by atoms with Gasteiger partial charge in [-0.15, -0.1) is 0 Å². The Kier molecular flexibility index (Phi) is 7.85. The third kappa shape index (κ3) is 5.08. The monoisotopic (exact) mass is 971 g/mol. The summed E-state index contributed by atoms with van der Waals surface area (Å²) in [6.45, 7) is -0.135. The molecule has 0 atom stereocenters. The Bertz CT molecular complexity index is 4620. The topological polar surface area (TPSA) is 146 Å². The third-order valence-electron chi connectivity index (χ3n) is 16.6. The summed E-state index contributed by atoms with van der Waals surface area (Å²) in [4.78, 5) is 117. The molecule has 4 aliphatic rings. The van der Waals surface area contributed by atoms with Crippen LogP contribution < -0.4 is 0 Å². The van der Waals surface area contributed by atoms with Gasteiger partial charge in [0.15, 0.2) is 11.6 Å². The van der Waals surface area contributed by atoms with E-state index in [2.05, 4.69) is 0 Å². The van der Waals surface area contributed by atoms with E-state index < -0.39 is 29.5 Å². The van der Waals surface area contributed by atoms with Gasteiger partial charge in [0.2, 0.25) is 0 Å². The number of amides is 6. The summed E-state index contributed by atoms with van der Waals surface area (Å²) < 4.78 is 0. The number of hydrogen-bond acceptors (Lipinski definition) is 8. The lowest BCUT2D eigenvalue weighted by Crippen LogP contribution is -2.40. The molecule has 11 nitrogen and oxygen atoms in total. The Balaban J connectivity index is 0.727. The second-order valence-corrected chi connectivity index (χ2v) is 20.2. The van der Waals surface area contributed by atoms with Crippen LogP contribution in [-0.2, 0) is 13.1 Å². The zero-order chi connectivity index (χ0) is 50.6. The van der Waals surface area contributed by atoms with Gasteiger partial charge in [-0.05, 0) is 118 Å². The fraction of sp³-hybridized carbons (Fsp3) is 0.0625. The van der Waals surface area contributed by atoms with E-state index >= 15 is 0 Å². The van der Waals surface area contributed by atoms with Gasteiger partial charge in [0.25, 0.3) is 35.4 Å². The summed E-state index contributed by atoms with van der Waals surface area (Å²) in [5, 5.41) is 11.9. The average molecular weight is 972 g/mol. The lowest BCUT2D eigenvalue weighted by molar-refractivity contribution is 0.0586. The van der Waals surface area contributed by atoms with E-state index in [-0.39, 0.29) is 36.5 Å². The SMILES string of the molecule is CN1C(=O)c2ccc3c4ccc5c6c(ccc(c7ccc(c2c37)C1=O)c64)C(=O)N(Cc1cccc(CN2C(=O)c3ccc4c6ccc7c8c(ccc(c9ccc(c3c49)C2=O)c86)C(=O)C(c2ccccc2)C7=O)c1)C5=O. The smallest absolute Gasteiger partial charge is 0.261 e. The fourth-order valence-electron chi connectivity index (χ4n) is 13.3. The third-order valence-corrected chi connectivity index (χ3v) is 16.6. The Morgan fingerprint density at radius 3 is 0.933 bits per heavy atom. The Hall–Kier alpha value is -10.0. The zero-order valence-electron chi connectivity index (χ0n) is 39.5. The molecule has 0 N–H and O–H groups in total. The molecule has 1 aliphatic carbocycles. The highest BCUT2D eigenvalue weighted by Crippen LogP contribution is 2.49. The first-order chi connectivity index (χ1) is 36.5. The molecule has 0 saturated heterocycles. The molecule has 75 heavy (non-hydrogen) atoms. The molecule has 0 unspecified atom stereocenters. The van der Waals surface area contributed by atoms with E-state index in [1.807, 2.05) is 78.9 Å². The number of fused-ring (bicyclic) bond motifs is 4. The summed E-state index contributed by atoms with van der Waals surface area (Å²) in [6.07, 6.45) is 0. The largest absolute Gasteiger partial charge is 0.293 e. The maximum Gasteiger partial charge on any atom is 0.261 e. The summed E-state index contributed by atoms with van der Waals surface area (Å²) in [5.41, 5.74) is 5.26. The van der Waals surface area contributed by atoms with Crippen LogP contribution in [-0.4, -0.2) is 68.8 Å². The molecule has 3 heterocycles. The lowest BCUT2D eigenvalue weighted by atomic mass is 9.74. The number of carbonyl (C=O) groups is 8. The highest BCUT2D eigenvalue weighted by molar-refractivity contribution is 6.44. The minimum absolute atomic E-state index is 0.0666. The molecule has 352 valence electrons. The number of ketones is 2. The number of imide groups is 3. The quantitative estimate of drug-likeness (QED) is 0.0717. The van der Waals surface area contributed by atoms with Crippen molar-refractivity contribution >= 4 is 133 Å². The molecule has 0 radical (unpaired) electrons. The molecule has 12 aromatic rings. The van der Waals surface area contributed by atoms with Crippen molar-refractivity contribution in [2.45, 2.75) is 19.0 Å². The summed E-state index contributed by atoms with van der Waals surface area (Å²) >= 11 is 0. The van der Waals surface area contributed by atoms with Gasteiger partial charge in [-0.25, -0.2) is 0 Å². The highest BCUT2D eigenvalue weighted by atomic mass is 16.2. The van der Waals surface area contributed by atoms with Gasteiger partial charge in [-0.1, -0.05) is 115 Å². The van der Waals surface area contributed by atoms with E-state index in [1.54, 1.807) is 72.8 Å². The van der Waals surface area contributed by atoms with Crippen molar-refractivity contribution in [2.24, 2.45) is 0 Å². The van der Waals surface area contributed by atoms with Crippen molar-refractivity contribution in [3.05, 3.63) is 213 Å². The molecule has 0 saturated carbocycles. The van der Waals surface area contributed by atoms with Crippen LogP contribution in [0.5, 0.6) is 0 Å². The predicted molar refractivity (Wildman–Crippen MR) is 284 cm³/mol. The molecule has 0 bridgehead atoms. The van der Waals surface area contributed by atoms with Crippen molar-refractivity contribution in [2.75, 3.05) is 7.05 Å². The van der Waals surface area contributed by atoms with Crippen LogP contribution in [0.25, 0.3) is 86.2 Å². The molecule has 16 rings (SSSR count). The van der Waals surface area contributed by atoms with Crippen LogP contribution in [0, 0.1) is 0 Å². The molecular formula is C64H33N3O8. The van der Waals surface area contributed by atoms with Crippen LogP contribution >= 0.6 is 0 Å². The van der Waals surface area contributed by atoms with Crippen LogP contribution in [0.2, 0.25) is 0 Å². The van der Waals surface area contributed by atoms with Gasteiger partial charge in [0.1, 0.15) is 5.92 Å². The van der Waals surface area contributed by atoms with Crippen molar-refractivity contribution in [3.8, 4) is 0 Å². The molecular weight excluding hydrogens is 939 g/mol. The molecule has 3 aliphatic heterocycles. The van der Waals surface area contributed by atoms with Gasteiger partial charge < -0.3 is 0 Å². The lowest BCUT2D eigenvalue weighted by Gasteiger charge is -2.30. The van der Waals surface area contributed by atoms with E-state index in [0.717, 1.165) is 69.5 Å². The summed E-state index contributed by atoms with van der Waals surface area (Å²) in [6, 6.07) is 45.5. The average Bonchev–Trinajstić information content (AvgIpc) is 3.49. The number of nitrogens with zero attached hydrogens (tertiary/aromatic N) is 3. The minimum atomic E-state index is -0.934. The molecule has 0 spiro atoms. The second kappa shape index (κ2) is 14.1. The van der Waals surface area contributed by atoms with E-state index in [1.165, 1.54) is 16.8 Å². The first-order valence-electron chi connectivity index (χ1n) is 24.6. The van der Waals surface area contributed by atoms with E-state index in [0.29, 0.717) is 82.7 Å². The standard InChI is InChI=1S/C64H33N3O8/c1-65-59(70)42-20-12-34-38-16-24-46-56-47(25-17-39(52(38)56)35-13-21-43(60(65)71)54(42)50(34)35)64(75)67(63(46)74)28-30-7-5-6-29(26-30)27-66-61(72)44-22-14-36-32-10-18-40-53-41(58(69)48(57(40)68)31-8-3-2-4-9-31)19-11-33(49(32)53)37-15-23-45(62(66)73)55(44)51(36)37/h2-26,48H,27-28H2,1H3. The Morgan fingerprint density at radius 1 is 0.307 bits per heavy atom. The van der Waals surface area contributed by atoms with Crippen LogP contribution in [0.3, 0.4) is 0 Å². The first kappa shape index (κ1) is 41.6. The number of rotatable bonds is 5. The van der Waals surface area contributed by atoms with Crippen LogP contribution in [0.4, 0.5) is 0 Å². The number of hydrogen-bond donors (Lipinski definition) is 0. The normalized spacial score (nSPS) is 15.7. The van der Waals surface area contributed by atoms with E-state index in [9.17, 15) is 38.4 Å². The molecule has 6 amide bonds. The summed E-state index contributed by atoms with van der Waals surface area (Å²) in [7, 11) is 1.48. The second-order valence-electron chi connectivity index (χ2n) is 20.2. The Labute approximate surface area is 423 Å². The van der Waals surface area contributed by atoms with Gasteiger partial charge in [-0.3, -0.25) is 53.1 Å². The first-order valence-corrected chi connectivity index (χ1v) is 24.6. The number of carbonyl (C=O) groups excluding carboxylic acids is 8. The van der Waals surface area contributed by atoms with Gasteiger partial charge >= 0.3 is 0 Å². The highest BCUT2D eigenvalue weighted by Gasteiger charge is 2.40. The fourth-order valence-corrected chi connectivity index (χ4v) is 13.3. The van der Waals surface area contributed by atoms with Gasteiger partial charge in [0, 0.05) is 73.1 Å². The van der Waals surface area contributed by atoms with Crippen molar-refractivity contribution in [1.82, 2.24) is 14.7 Å². The van der Waals surface area contributed by atoms with Crippen molar-refractivity contribution in [3.63, 3.8) is 0 Å². The maximum absolute atomic E-state index is 14.6. The van der Waals surface area contributed by atoms with Gasteiger partial charge in [-0.2, -0.15) is 0 Å². The van der Waals surface area contributed by atoms with Crippen molar-refractivity contribution < 1.29 is 38.4 Å². The molecule has 11 heteroatoms. The number of benzene rings is 12. The van der Waals surface area contributed by atoms with E-state index in [4.69, 9.17) is 0 Å². The van der Waals surface area contributed by atoms with Gasteiger partial charge in [0.05, 0.1) is 13.1 Å². The molecule has 12 aromatic carbocycles. The Morgan fingerprint density at radius 2 is 0.600 bits per heavy atom. The minimum Gasteiger partial charge on any atom is -0.293 e. The predicted octanol–water partition coefficient (Wildman–Crippen LogP) is 11.8. The molecule has 0 aromatic heterocycles. The van der Waals surface area contributed by atoms with Crippen LogP contribution in [0.1, 0.15) is 105 Å². The number of Topliss-reactive ketones (excluding diaryl/α,β-unsaturated/α-hetero) is 2. The molecule has 0 fully saturated rings. The summed E-state index contributed by atoms with van der Waals surface area (Å²) in [5.74, 6) is -4.01. The maximum atomic E-state index is 14.6. The zero-order valence-corrected chi connectivity index (χ0v) is 39.5.